The van der Waals surface area contributed by atoms with Crippen LogP contribution in [0.15, 0.2) is 24.4 Å². The van der Waals surface area contributed by atoms with Crippen molar-refractivity contribution in [3.63, 3.8) is 0 Å². The van der Waals surface area contributed by atoms with Gasteiger partial charge < -0.3 is 9.47 Å². The highest BCUT2D eigenvalue weighted by atomic mass is 15.1. The number of rotatable bonds is 6. The van der Waals surface area contributed by atoms with Gasteiger partial charge in [0.25, 0.3) is 0 Å². The Labute approximate surface area is 201 Å². The van der Waals surface area contributed by atoms with Crippen LogP contribution in [0.1, 0.15) is 120 Å². The van der Waals surface area contributed by atoms with Gasteiger partial charge in [0.1, 0.15) is 5.82 Å². The van der Waals surface area contributed by atoms with E-state index in [4.69, 9.17) is 4.98 Å². The largest absolute Gasteiger partial charge is 0.371 e. The van der Waals surface area contributed by atoms with Crippen molar-refractivity contribution in [1.29, 1.82) is 0 Å². The van der Waals surface area contributed by atoms with Crippen molar-refractivity contribution in [2.24, 2.45) is 11.8 Å². The Kier molecular flexibility index (Phi) is 6.86. The van der Waals surface area contributed by atoms with E-state index in [0.717, 1.165) is 31.3 Å². The molecule has 1 atom stereocenters. The summed E-state index contributed by atoms with van der Waals surface area (Å²) in [7, 11) is 0. The molecule has 3 heteroatoms. The zero-order chi connectivity index (χ0) is 22.9. The molecule has 2 aliphatic carbocycles. The van der Waals surface area contributed by atoms with Crippen LogP contribution in [0.2, 0.25) is 0 Å². The Morgan fingerprint density at radius 2 is 1.82 bits per heavy atom. The number of aromatic nitrogens is 2. The lowest BCUT2D eigenvalue weighted by atomic mass is 9.80. The van der Waals surface area contributed by atoms with E-state index < -0.39 is 0 Å². The summed E-state index contributed by atoms with van der Waals surface area (Å²) < 4.78 is 2.71. The molecule has 180 valence electrons. The summed E-state index contributed by atoms with van der Waals surface area (Å²) in [6, 6.07) is 5.36. The van der Waals surface area contributed by atoms with E-state index >= 15 is 0 Å². The van der Waals surface area contributed by atoms with Crippen LogP contribution in [0.3, 0.4) is 0 Å². The molecule has 0 bridgehead atoms. The van der Waals surface area contributed by atoms with Gasteiger partial charge in [0.2, 0.25) is 0 Å². The van der Waals surface area contributed by atoms with Gasteiger partial charge in [-0.15, -0.1) is 0 Å². The zero-order valence-electron chi connectivity index (χ0n) is 21.4. The molecule has 2 heterocycles. The first-order valence-corrected chi connectivity index (χ1v) is 14.0. The molecule has 2 saturated carbocycles. The quantitative estimate of drug-likeness (QED) is 0.445. The molecule has 2 aromatic rings. The molecular formula is C30H45N3. The molecule has 1 aromatic carbocycles. The first-order valence-electron chi connectivity index (χ1n) is 14.0. The predicted molar refractivity (Wildman–Crippen MR) is 140 cm³/mol. The molecule has 0 radical (unpaired) electrons. The Morgan fingerprint density at radius 3 is 2.52 bits per heavy atom. The molecule has 3 aliphatic rings. The van der Waals surface area contributed by atoms with Crippen LogP contribution in [-0.4, -0.2) is 21.0 Å². The van der Waals surface area contributed by atoms with Crippen molar-refractivity contribution in [2.75, 3.05) is 6.54 Å². The second-order valence-electron chi connectivity index (χ2n) is 11.5. The van der Waals surface area contributed by atoms with Crippen LogP contribution in [-0.2, 0) is 13.0 Å². The van der Waals surface area contributed by atoms with Crippen LogP contribution in [0.4, 0.5) is 0 Å². The Bertz CT molecular complexity index is 972. The molecule has 5 rings (SSSR count). The Morgan fingerprint density at radius 1 is 1.06 bits per heavy atom. The van der Waals surface area contributed by atoms with Gasteiger partial charge in [-0.2, -0.15) is 0 Å². The fourth-order valence-electron chi connectivity index (χ4n) is 7.13. The molecule has 0 saturated heterocycles. The van der Waals surface area contributed by atoms with Crippen molar-refractivity contribution >= 4 is 11.0 Å². The summed E-state index contributed by atoms with van der Waals surface area (Å²) in [5.74, 6) is 3.86. The highest BCUT2D eigenvalue weighted by Gasteiger charge is 2.30. The number of hydrogen-bond acceptors (Lipinski definition) is 2. The SMILES string of the molecule is C=C(C)N1CCc2ccc3c(nc(C4CCC(CC)CC4)n3[C@@H](C)CC3CCCCC3)c2C1. The van der Waals surface area contributed by atoms with Gasteiger partial charge in [-0.05, 0) is 75.8 Å². The third kappa shape index (κ3) is 4.62. The Hall–Kier alpha value is -1.77. The molecule has 1 aliphatic heterocycles. The van der Waals surface area contributed by atoms with E-state index in [2.05, 4.69) is 48.9 Å². The number of nitrogens with zero attached hydrogens (tertiary/aromatic N) is 3. The minimum absolute atomic E-state index is 0.538. The smallest absolute Gasteiger partial charge is 0.113 e. The monoisotopic (exact) mass is 447 g/mol. The first kappa shape index (κ1) is 23.0. The molecule has 3 nitrogen and oxygen atoms in total. The van der Waals surface area contributed by atoms with Crippen molar-refractivity contribution in [3.05, 3.63) is 41.4 Å². The lowest BCUT2D eigenvalue weighted by Gasteiger charge is -2.31. The lowest BCUT2D eigenvalue weighted by molar-refractivity contribution is 0.280. The summed E-state index contributed by atoms with van der Waals surface area (Å²) in [4.78, 5) is 7.96. The third-order valence-electron chi connectivity index (χ3n) is 9.26. The summed E-state index contributed by atoms with van der Waals surface area (Å²) in [6.45, 7) is 13.3. The summed E-state index contributed by atoms with van der Waals surface area (Å²) in [5.41, 5.74) is 6.84. The van der Waals surface area contributed by atoms with E-state index in [-0.39, 0.29) is 0 Å². The summed E-state index contributed by atoms with van der Waals surface area (Å²) in [6.07, 6.45) is 16.3. The first-order chi connectivity index (χ1) is 16.0. The maximum atomic E-state index is 5.52. The standard InChI is InChI=1S/C30H45N3/c1-5-23-11-13-26(14-12-23)30-31-29-27-20-32(21(2)3)18-17-25(27)15-16-28(29)33(30)22(4)19-24-9-7-6-8-10-24/h15-16,22-24,26H,2,5-14,17-20H2,1,3-4H3/t22-,23?,26?/m0/s1. The second kappa shape index (κ2) is 9.84. The minimum Gasteiger partial charge on any atom is -0.371 e. The normalized spacial score (nSPS) is 25.2. The zero-order valence-corrected chi connectivity index (χ0v) is 21.4. The summed E-state index contributed by atoms with van der Waals surface area (Å²) >= 11 is 0. The van der Waals surface area contributed by atoms with E-state index in [1.165, 1.54) is 104 Å². The lowest BCUT2D eigenvalue weighted by Crippen LogP contribution is -2.28. The predicted octanol–water partition coefficient (Wildman–Crippen LogP) is 8.14. The number of fused-ring (bicyclic) bond motifs is 3. The van der Waals surface area contributed by atoms with Crippen LogP contribution in [0, 0.1) is 11.8 Å². The van der Waals surface area contributed by atoms with E-state index in [1.807, 2.05) is 0 Å². The maximum Gasteiger partial charge on any atom is 0.113 e. The van der Waals surface area contributed by atoms with Crippen LogP contribution >= 0.6 is 0 Å². The van der Waals surface area contributed by atoms with Gasteiger partial charge in [-0.1, -0.05) is 58.1 Å². The molecule has 1 aromatic heterocycles. The molecular weight excluding hydrogens is 402 g/mol. The molecule has 0 spiro atoms. The van der Waals surface area contributed by atoms with Crippen LogP contribution in [0.25, 0.3) is 11.0 Å². The highest BCUT2D eigenvalue weighted by molar-refractivity contribution is 5.81. The number of imidazole rings is 1. The van der Waals surface area contributed by atoms with Gasteiger partial charge in [0.15, 0.2) is 0 Å². The number of benzene rings is 1. The molecule has 33 heavy (non-hydrogen) atoms. The second-order valence-corrected chi connectivity index (χ2v) is 11.5. The molecule has 0 N–H and O–H groups in total. The topological polar surface area (TPSA) is 21.1 Å². The van der Waals surface area contributed by atoms with Gasteiger partial charge in [-0.25, -0.2) is 4.98 Å². The van der Waals surface area contributed by atoms with Crippen molar-refractivity contribution in [3.8, 4) is 0 Å². The number of hydrogen-bond donors (Lipinski definition) is 0. The maximum absolute atomic E-state index is 5.52. The average molecular weight is 448 g/mol. The van der Waals surface area contributed by atoms with E-state index in [1.54, 1.807) is 0 Å². The molecule has 0 amide bonds. The summed E-state index contributed by atoms with van der Waals surface area (Å²) in [5, 5.41) is 0. The number of allylic oxidation sites excluding steroid dienone is 1. The Balaban J connectivity index is 1.53. The van der Waals surface area contributed by atoms with Gasteiger partial charge >= 0.3 is 0 Å². The van der Waals surface area contributed by atoms with Gasteiger partial charge in [0, 0.05) is 36.3 Å². The average Bonchev–Trinajstić information content (AvgIpc) is 3.24. The highest BCUT2D eigenvalue weighted by Crippen LogP contribution is 2.41. The van der Waals surface area contributed by atoms with Gasteiger partial charge in [0.05, 0.1) is 11.0 Å². The van der Waals surface area contributed by atoms with E-state index in [0.29, 0.717) is 12.0 Å². The molecule has 2 fully saturated rings. The fraction of sp³-hybridized carbons (Fsp3) is 0.700. The van der Waals surface area contributed by atoms with Gasteiger partial charge in [-0.3, -0.25) is 0 Å². The van der Waals surface area contributed by atoms with E-state index in [9.17, 15) is 0 Å². The van der Waals surface area contributed by atoms with Crippen molar-refractivity contribution in [1.82, 2.24) is 14.5 Å². The minimum atomic E-state index is 0.538. The fourth-order valence-corrected chi connectivity index (χ4v) is 7.13. The van der Waals surface area contributed by atoms with Crippen LogP contribution < -0.4 is 0 Å². The van der Waals surface area contributed by atoms with Crippen molar-refractivity contribution < 1.29 is 0 Å². The van der Waals surface area contributed by atoms with Crippen molar-refractivity contribution in [2.45, 2.75) is 116 Å². The molecule has 0 unspecified atom stereocenters. The third-order valence-corrected chi connectivity index (χ3v) is 9.26. The van der Waals surface area contributed by atoms with Crippen LogP contribution in [0.5, 0.6) is 0 Å².